The summed E-state index contributed by atoms with van der Waals surface area (Å²) in [5, 5.41) is 3.43. The lowest BCUT2D eigenvalue weighted by atomic mass is 10.3. The van der Waals surface area contributed by atoms with Gasteiger partial charge in [-0.25, -0.2) is 4.98 Å². The third-order valence-corrected chi connectivity index (χ3v) is 3.44. The zero-order chi connectivity index (χ0) is 10.8. The van der Waals surface area contributed by atoms with E-state index in [1.54, 1.807) is 0 Å². The molecule has 0 atom stereocenters. The highest BCUT2D eigenvalue weighted by Crippen LogP contribution is 2.34. The number of hydrogen-bond acceptors (Lipinski definition) is 3. The monoisotopic (exact) mass is 220 g/mol. The lowest BCUT2D eigenvalue weighted by Gasteiger charge is -2.17. The normalized spacial score (nSPS) is 23.2. The number of aromatic nitrogens is 2. The summed E-state index contributed by atoms with van der Waals surface area (Å²) in [4.78, 5) is 7.00. The van der Waals surface area contributed by atoms with Crippen molar-refractivity contribution < 1.29 is 0 Å². The van der Waals surface area contributed by atoms with Crippen LogP contribution in [0.4, 0.5) is 0 Å². The molecule has 88 valence electrons. The molecule has 0 unspecified atom stereocenters. The Morgan fingerprint density at radius 2 is 2.25 bits per heavy atom. The summed E-state index contributed by atoms with van der Waals surface area (Å²) in [5.41, 5.74) is 1.23. The van der Waals surface area contributed by atoms with E-state index in [0.29, 0.717) is 0 Å². The Morgan fingerprint density at radius 1 is 1.31 bits per heavy atom. The number of hydrogen-bond donors (Lipinski definition) is 1. The van der Waals surface area contributed by atoms with Gasteiger partial charge >= 0.3 is 0 Å². The highest BCUT2D eigenvalue weighted by Gasteiger charge is 2.23. The predicted octanol–water partition coefficient (Wildman–Crippen LogP) is 1.01. The summed E-state index contributed by atoms with van der Waals surface area (Å²) in [7, 11) is 0. The van der Waals surface area contributed by atoms with Gasteiger partial charge in [0.1, 0.15) is 0 Å². The van der Waals surface area contributed by atoms with Crippen molar-refractivity contribution in [1.82, 2.24) is 19.8 Å². The highest BCUT2D eigenvalue weighted by molar-refractivity contribution is 5.00. The van der Waals surface area contributed by atoms with Crippen molar-refractivity contribution in [2.75, 3.05) is 26.2 Å². The van der Waals surface area contributed by atoms with Crippen LogP contribution < -0.4 is 5.32 Å². The van der Waals surface area contributed by atoms with Crippen molar-refractivity contribution >= 4 is 0 Å². The van der Waals surface area contributed by atoms with Crippen LogP contribution in [0.15, 0.2) is 12.5 Å². The van der Waals surface area contributed by atoms with E-state index in [1.807, 2.05) is 6.33 Å². The summed E-state index contributed by atoms with van der Waals surface area (Å²) in [6.45, 7) is 5.64. The van der Waals surface area contributed by atoms with Crippen LogP contribution in [0.1, 0.15) is 31.0 Å². The molecule has 1 saturated carbocycles. The summed E-state index contributed by atoms with van der Waals surface area (Å²) in [5.74, 6) is 0. The molecule has 2 aliphatic rings. The molecule has 2 heterocycles. The average Bonchev–Trinajstić information content (AvgIpc) is 3.07. The summed E-state index contributed by atoms with van der Waals surface area (Å²) < 4.78 is 2.28. The molecule has 2 fully saturated rings. The molecular formula is C12H20N4. The molecule has 1 saturated heterocycles. The van der Waals surface area contributed by atoms with Crippen LogP contribution in [-0.4, -0.2) is 40.6 Å². The lowest BCUT2D eigenvalue weighted by molar-refractivity contribution is 0.281. The van der Waals surface area contributed by atoms with Crippen molar-refractivity contribution in [3.63, 3.8) is 0 Å². The van der Waals surface area contributed by atoms with Gasteiger partial charge in [0.2, 0.25) is 0 Å². The Bertz CT molecular complexity index is 335. The molecule has 0 spiro atoms. The van der Waals surface area contributed by atoms with Gasteiger partial charge < -0.3 is 9.88 Å². The number of nitrogens with one attached hydrogen (secondary N) is 1. The summed E-state index contributed by atoms with van der Waals surface area (Å²) in [6, 6.07) is 0.757. The molecule has 0 amide bonds. The minimum absolute atomic E-state index is 0.757. The molecule has 16 heavy (non-hydrogen) atoms. The van der Waals surface area contributed by atoms with Gasteiger partial charge in [0.05, 0.1) is 12.0 Å². The maximum Gasteiger partial charge on any atom is 0.0952 e. The van der Waals surface area contributed by atoms with Crippen LogP contribution in [0.2, 0.25) is 0 Å². The van der Waals surface area contributed by atoms with Crippen molar-refractivity contribution in [3.8, 4) is 0 Å². The molecule has 1 aromatic rings. The molecule has 4 heteroatoms. The maximum atomic E-state index is 4.50. The second kappa shape index (κ2) is 4.55. The predicted molar refractivity (Wildman–Crippen MR) is 63.3 cm³/mol. The SMILES string of the molecule is c1nc(CN2CCCNCC2)cn1C1CC1. The molecule has 0 radical (unpaired) electrons. The Kier molecular flexibility index (Phi) is 2.93. The number of rotatable bonds is 3. The van der Waals surface area contributed by atoms with E-state index < -0.39 is 0 Å². The van der Waals surface area contributed by atoms with Gasteiger partial charge in [0.15, 0.2) is 0 Å². The minimum Gasteiger partial charge on any atom is -0.334 e. The van der Waals surface area contributed by atoms with Crippen LogP contribution in [0, 0.1) is 0 Å². The van der Waals surface area contributed by atoms with Gasteiger partial charge in [0.25, 0.3) is 0 Å². The molecule has 0 aromatic carbocycles. The fourth-order valence-electron chi connectivity index (χ4n) is 2.32. The summed E-state index contributed by atoms with van der Waals surface area (Å²) >= 11 is 0. The van der Waals surface area contributed by atoms with Gasteiger partial charge in [0, 0.05) is 31.9 Å². The van der Waals surface area contributed by atoms with Crippen molar-refractivity contribution in [1.29, 1.82) is 0 Å². The first-order valence-corrected chi connectivity index (χ1v) is 6.37. The smallest absolute Gasteiger partial charge is 0.0952 e. The maximum absolute atomic E-state index is 4.50. The van der Waals surface area contributed by atoms with Crippen LogP contribution >= 0.6 is 0 Å². The first-order valence-electron chi connectivity index (χ1n) is 6.37. The summed E-state index contributed by atoms with van der Waals surface area (Å²) in [6.07, 6.45) is 8.16. The average molecular weight is 220 g/mol. The fraction of sp³-hybridized carbons (Fsp3) is 0.750. The van der Waals surface area contributed by atoms with Gasteiger partial charge in [-0.15, -0.1) is 0 Å². The van der Waals surface area contributed by atoms with E-state index in [2.05, 4.69) is 26.0 Å². The van der Waals surface area contributed by atoms with Gasteiger partial charge in [-0.2, -0.15) is 0 Å². The Hall–Kier alpha value is -0.870. The Balaban J connectivity index is 1.58. The Labute approximate surface area is 96.7 Å². The zero-order valence-electron chi connectivity index (χ0n) is 9.73. The quantitative estimate of drug-likeness (QED) is 0.825. The van der Waals surface area contributed by atoms with E-state index in [9.17, 15) is 0 Å². The van der Waals surface area contributed by atoms with E-state index in [0.717, 1.165) is 32.2 Å². The van der Waals surface area contributed by atoms with Gasteiger partial charge in [-0.05, 0) is 32.4 Å². The van der Waals surface area contributed by atoms with Gasteiger partial charge in [-0.3, -0.25) is 4.90 Å². The van der Waals surface area contributed by atoms with Crippen molar-refractivity contribution in [2.24, 2.45) is 0 Å². The molecule has 3 rings (SSSR count). The topological polar surface area (TPSA) is 33.1 Å². The standard InChI is InChI=1S/C12H20N4/c1-4-13-5-7-15(6-1)8-11-9-16(10-14-11)12-2-3-12/h9-10,12-13H,1-8H2. The third kappa shape index (κ3) is 2.44. The van der Waals surface area contributed by atoms with E-state index in [-0.39, 0.29) is 0 Å². The van der Waals surface area contributed by atoms with E-state index >= 15 is 0 Å². The molecule has 4 nitrogen and oxygen atoms in total. The molecule has 1 N–H and O–H groups in total. The lowest BCUT2D eigenvalue weighted by Crippen LogP contribution is -2.27. The second-order valence-corrected chi connectivity index (χ2v) is 4.92. The van der Waals surface area contributed by atoms with Crippen LogP contribution in [0.5, 0.6) is 0 Å². The molecule has 1 aliphatic carbocycles. The first-order chi connectivity index (χ1) is 7.92. The molecular weight excluding hydrogens is 200 g/mol. The van der Waals surface area contributed by atoms with Crippen LogP contribution in [-0.2, 0) is 6.54 Å². The molecule has 0 bridgehead atoms. The Morgan fingerprint density at radius 3 is 3.12 bits per heavy atom. The minimum atomic E-state index is 0.757. The number of nitrogens with zero attached hydrogens (tertiary/aromatic N) is 3. The van der Waals surface area contributed by atoms with E-state index in [4.69, 9.17) is 0 Å². The number of imidazole rings is 1. The first kappa shape index (κ1) is 10.3. The van der Waals surface area contributed by atoms with Crippen molar-refractivity contribution in [3.05, 3.63) is 18.2 Å². The van der Waals surface area contributed by atoms with Gasteiger partial charge in [-0.1, -0.05) is 0 Å². The molecule has 1 aliphatic heterocycles. The van der Waals surface area contributed by atoms with Crippen molar-refractivity contribution in [2.45, 2.75) is 31.8 Å². The second-order valence-electron chi connectivity index (χ2n) is 4.92. The fourth-order valence-corrected chi connectivity index (χ4v) is 2.32. The third-order valence-electron chi connectivity index (χ3n) is 3.44. The van der Waals surface area contributed by atoms with Crippen LogP contribution in [0.3, 0.4) is 0 Å². The molecule has 1 aromatic heterocycles. The van der Waals surface area contributed by atoms with E-state index in [1.165, 1.54) is 31.5 Å². The zero-order valence-corrected chi connectivity index (χ0v) is 9.73. The highest BCUT2D eigenvalue weighted by atomic mass is 15.2. The largest absolute Gasteiger partial charge is 0.334 e. The van der Waals surface area contributed by atoms with Crippen LogP contribution in [0.25, 0.3) is 0 Å².